The van der Waals surface area contributed by atoms with Gasteiger partial charge in [-0.15, -0.1) is 0 Å². The second-order valence-corrected chi connectivity index (χ2v) is 8.29. The Kier molecular flexibility index (Phi) is 10.7. The van der Waals surface area contributed by atoms with Crippen LogP contribution >= 0.6 is 0 Å². The van der Waals surface area contributed by atoms with Gasteiger partial charge in [-0.3, -0.25) is 10.0 Å². The fourth-order valence-electron chi connectivity index (χ4n) is 3.18. The number of rotatable bonds is 12. The van der Waals surface area contributed by atoms with Crippen LogP contribution in [0.1, 0.15) is 17.5 Å². The molecule has 188 valence electrons. The summed E-state index contributed by atoms with van der Waals surface area (Å²) in [6.07, 6.45) is 2.02. The fraction of sp³-hybridized carbons (Fsp3) is 0.320. The largest absolute Gasteiger partial charge is 0.478 e. The Morgan fingerprint density at radius 2 is 1.51 bits per heavy atom. The summed E-state index contributed by atoms with van der Waals surface area (Å²) in [5.41, 5.74) is 3.83. The first-order valence-electron chi connectivity index (χ1n) is 11.1. The van der Waals surface area contributed by atoms with Crippen molar-refractivity contribution in [3.63, 3.8) is 0 Å². The molecule has 0 fully saturated rings. The molecular formula is C25H33N5O5. The second-order valence-electron chi connectivity index (χ2n) is 8.29. The first kappa shape index (κ1) is 27.4. The number of hydrogen-bond donors (Lipinski definition) is 4. The zero-order chi connectivity index (χ0) is 25.8. The molecule has 0 aliphatic rings. The lowest BCUT2D eigenvalue weighted by atomic mass is 10.1. The average molecular weight is 484 g/mol. The Balaban J connectivity index is 1.70. The number of amides is 3. The number of nitrogens with one attached hydrogen (secondary N) is 2. The van der Waals surface area contributed by atoms with Crippen LogP contribution in [-0.4, -0.2) is 72.4 Å². The molecule has 0 aliphatic heterocycles. The number of urea groups is 1. The van der Waals surface area contributed by atoms with Crippen molar-refractivity contribution in [2.24, 2.45) is 0 Å². The van der Waals surface area contributed by atoms with E-state index in [9.17, 15) is 19.6 Å². The summed E-state index contributed by atoms with van der Waals surface area (Å²) in [4.78, 5) is 38.2. The second kappa shape index (κ2) is 13.7. The molecule has 2 aromatic rings. The minimum Gasteiger partial charge on any atom is -0.478 e. The smallest absolute Gasteiger partial charge is 0.328 e. The lowest BCUT2D eigenvalue weighted by Gasteiger charge is -2.19. The van der Waals surface area contributed by atoms with Crippen LogP contribution in [0, 0.1) is 0 Å². The number of carboxylic acid groups (broad SMARTS) is 1. The Morgan fingerprint density at radius 1 is 0.886 bits per heavy atom. The van der Waals surface area contributed by atoms with Gasteiger partial charge in [-0.25, -0.2) is 14.7 Å². The van der Waals surface area contributed by atoms with E-state index in [-0.39, 0.29) is 12.6 Å². The van der Waals surface area contributed by atoms with Crippen molar-refractivity contribution >= 4 is 29.3 Å². The van der Waals surface area contributed by atoms with Gasteiger partial charge in [0.2, 0.25) is 0 Å². The summed E-state index contributed by atoms with van der Waals surface area (Å²) in [6, 6.07) is 15.2. The standard InChI is InChI=1S/C25H33N5O5/c1-28(2)22-11-9-21(10-12-22)27-25(34)26-17-19-5-7-20(8-6-19)18-29(3)15-4-16-30(35)23(31)13-14-24(32)33/h5-14,35H,4,15-18H2,1-3H3,(H,32,33)(H2,26,27,34)/b14-13+. The lowest BCUT2D eigenvalue weighted by Crippen LogP contribution is -2.29. The summed E-state index contributed by atoms with van der Waals surface area (Å²) in [5, 5.41) is 24.3. The van der Waals surface area contributed by atoms with Gasteiger partial charge in [-0.2, -0.15) is 0 Å². The van der Waals surface area contributed by atoms with Crippen LogP contribution in [0.15, 0.2) is 60.7 Å². The van der Waals surface area contributed by atoms with E-state index in [0.717, 1.165) is 28.6 Å². The Bertz CT molecular complexity index is 1010. The normalized spacial score (nSPS) is 10.9. The van der Waals surface area contributed by atoms with Crippen LogP contribution in [0.3, 0.4) is 0 Å². The molecule has 10 nitrogen and oxygen atoms in total. The number of carbonyl (C=O) groups excluding carboxylic acids is 2. The Morgan fingerprint density at radius 3 is 2.11 bits per heavy atom. The van der Waals surface area contributed by atoms with E-state index in [2.05, 4.69) is 10.6 Å². The molecule has 2 aromatic carbocycles. The molecule has 0 radical (unpaired) electrons. The lowest BCUT2D eigenvalue weighted by molar-refractivity contribution is -0.159. The maximum atomic E-state index is 12.2. The number of carboxylic acids is 1. The maximum Gasteiger partial charge on any atom is 0.328 e. The van der Waals surface area contributed by atoms with Crippen LogP contribution in [0.25, 0.3) is 0 Å². The molecule has 35 heavy (non-hydrogen) atoms. The predicted molar refractivity (Wildman–Crippen MR) is 134 cm³/mol. The van der Waals surface area contributed by atoms with Crippen LogP contribution in [0.4, 0.5) is 16.2 Å². The fourth-order valence-corrected chi connectivity index (χ4v) is 3.18. The van der Waals surface area contributed by atoms with E-state index in [1.165, 1.54) is 0 Å². The minimum absolute atomic E-state index is 0.0968. The van der Waals surface area contributed by atoms with E-state index in [1.807, 2.05) is 79.5 Å². The van der Waals surface area contributed by atoms with E-state index in [0.29, 0.717) is 37.2 Å². The van der Waals surface area contributed by atoms with Gasteiger partial charge in [0.05, 0.1) is 0 Å². The summed E-state index contributed by atoms with van der Waals surface area (Å²) < 4.78 is 0. The van der Waals surface area contributed by atoms with Gasteiger partial charge in [-0.1, -0.05) is 24.3 Å². The van der Waals surface area contributed by atoms with Crippen molar-refractivity contribution in [1.29, 1.82) is 0 Å². The third-order valence-electron chi connectivity index (χ3n) is 5.10. The topological polar surface area (TPSA) is 125 Å². The molecule has 0 aliphatic carbocycles. The van der Waals surface area contributed by atoms with Crippen molar-refractivity contribution < 1.29 is 24.7 Å². The molecule has 0 unspecified atom stereocenters. The summed E-state index contributed by atoms with van der Waals surface area (Å²) in [7, 11) is 5.84. The molecule has 0 bridgehead atoms. The van der Waals surface area contributed by atoms with Gasteiger partial charge in [0.25, 0.3) is 5.91 Å². The number of hydrogen-bond acceptors (Lipinski definition) is 6. The van der Waals surface area contributed by atoms with E-state index >= 15 is 0 Å². The van der Waals surface area contributed by atoms with Crippen molar-refractivity contribution in [3.8, 4) is 0 Å². The van der Waals surface area contributed by atoms with Gasteiger partial charge in [-0.05, 0) is 55.4 Å². The summed E-state index contributed by atoms with van der Waals surface area (Å²) in [5.74, 6) is -2.02. The highest BCUT2D eigenvalue weighted by molar-refractivity contribution is 5.93. The van der Waals surface area contributed by atoms with Crippen molar-refractivity contribution in [2.45, 2.75) is 19.5 Å². The summed E-state index contributed by atoms with van der Waals surface area (Å²) >= 11 is 0. The van der Waals surface area contributed by atoms with E-state index in [4.69, 9.17) is 5.11 Å². The highest BCUT2D eigenvalue weighted by Gasteiger charge is 2.09. The zero-order valence-electron chi connectivity index (χ0n) is 20.3. The molecule has 10 heteroatoms. The molecule has 0 saturated heterocycles. The quantitative estimate of drug-likeness (QED) is 0.208. The first-order valence-corrected chi connectivity index (χ1v) is 11.1. The number of anilines is 2. The number of nitrogens with zero attached hydrogens (tertiary/aromatic N) is 3. The molecule has 0 aromatic heterocycles. The van der Waals surface area contributed by atoms with Gasteiger partial charge < -0.3 is 25.5 Å². The highest BCUT2D eigenvalue weighted by atomic mass is 16.5. The molecule has 3 amide bonds. The van der Waals surface area contributed by atoms with Gasteiger partial charge in [0, 0.05) is 57.3 Å². The number of hydroxylamine groups is 2. The third kappa shape index (κ3) is 10.3. The highest BCUT2D eigenvalue weighted by Crippen LogP contribution is 2.15. The van der Waals surface area contributed by atoms with Crippen molar-refractivity contribution in [3.05, 3.63) is 71.8 Å². The monoisotopic (exact) mass is 483 g/mol. The van der Waals surface area contributed by atoms with Crippen molar-refractivity contribution in [2.75, 3.05) is 44.4 Å². The molecule has 0 heterocycles. The van der Waals surface area contributed by atoms with Crippen LogP contribution in [0.2, 0.25) is 0 Å². The van der Waals surface area contributed by atoms with Crippen LogP contribution < -0.4 is 15.5 Å². The Hall–Kier alpha value is -3.89. The molecule has 0 spiro atoms. The predicted octanol–water partition coefficient (Wildman–Crippen LogP) is 2.75. The zero-order valence-corrected chi connectivity index (χ0v) is 20.3. The number of aliphatic carboxylic acids is 1. The van der Waals surface area contributed by atoms with Crippen LogP contribution in [0.5, 0.6) is 0 Å². The van der Waals surface area contributed by atoms with Gasteiger partial charge in [0.15, 0.2) is 0 Å². The van der Waals surface area contributed by atoms with Gasteiger partial charge >= 0.3 is 12.0 Å². The van der Waals surface area contributed by atoms with Crippen molar-refractivity contribution in [1.82, 2.24) is 15.3 Å². The number of benzene rings is 2. The third-order valence-corrected chi connectivity index (χ3v) is 5.10. The molecule has 0 saturated carbocycles. The van der Waals surface area contributed by atoms with E-state index < -0.39 is 11.9 Å². The molecule has 4 N–H and O–H groups in total. The molecular weight excluding hydrogens is 450 g/mol. The molecule has 0 atom stereocenters. The van der Waals surface area contributed by atoms with Crippen LogP contribution in [-0.2, 0) is 22.7 Å². The first-order chi connectivity index (χ1) is 16.6. The maximum absolute atomic E-state index is 12.2. The SMILES string of the molecule is CN(CCCN(O)C(=O)/C=C/C(=O)O)Cc1ccc(CNC(=O)Nc2ccc(N(C)C)cc2)cc1. The number of carbonyl (C=O) groups is 3. The molecule has 2 rings (SSSR count). The Labute approximate surface area is 205 Å². The minimum atomic E-state index is -1.25. The summed E-state index contributed by atoms with van der Waals surface area (Å²) in [6.45, 7) is 1.80. The van der Waals surface area contributed by atoms with Gasteiger partial charge in [0.1, 0.15) is 0 Å². The van der Waals surface area contributed by atoms with E-state index in [1.54, 1.807) is 0 Å². The average Bonchev–Trinajstić information content (AvgIpc) is 2.82.